The van der Waals surface area contributed by atoms with E-state index in [1.807, 2.05) is 38.1 Å². The Hall–Kier alpha value is -2.21. The van der Waals surface area contributed by atoms with E-state index >= 15 is 0 Å². The average molecular weight is 352 g/mol. The summed E-state index contributed by atoms with van der Waals surface area (Å²) in [4.78, 5) is 0. The second-order valence-corrected chi connectivity index (χ2v) is 5.99. The lowest BCUT2D eigenvalue weighted by molar-refractivity contribution is -0.137. The van der Waals surface area contributed by atoms with Gasteiger partial charge in [-0.2, -0.15) is 13.2 Å². The molecule has 6 heteroatoms. The van der Waals surface area contributed by atoms with E-state index in [1.165, 1.54) is 6.07 Å². The van der Waals surface area contributed by atoms with Crippen molar-refractivity contribution in [2.24, 2.45) is 0 Å². The summed E-state index contributed by atoms with van der Waals surface area (Å²) in [5, 5.41) is 6.24. The fourth-order valence-corrected chi connectivity index (χ4v) is 2.29. The van der Waals surface area contributed by atoms with E-state index in [0.29, 0.717) is 25.3 Å². The van der Waals surface area contributed by atoms with Crippen LogP contribution in [0.5, 0.6) is 5.75 Å². The van der Waals surface area contributed by atoms with Crippen molar-refractivity contribution in [3.05, 3.63) is 59.7 Å². The van der Waals surface area contributed by atoms with E-state index in [9.17, 15) is 13.2 Å². The molecule has 0 radical (unpaired) electrons. The van der Waals surface area contributed by atoms with Gasteiger partial charge in [0.05, 0.1) is 11.7 Å². The lowest BCUT2D eigenvalue weighted by Gasteiger charge is -2.12. The molecule has 0 heterocycles. The van der Waals surface area contributed by atoms with Gasteiger partial charge in [-0.15, -0.1) is 0 Å². The molecule has 0 atom stereocenters. The van der Waals surface area contributed by atoms with E-state index in [-0.39, 0.29) is 6.10 Å². The first-order chi connectivity index (χ1) is 11.8. The molecule has 0 aliphatic rings. The van der Waals surface area contributed by atoms with Gasteiger partial charge in [0, 0.05) is 25.3 Å². The van der Waals surface area contributed by atoms with Crippen LogP contribution in [0, 0.1) is 0 Å². The number of benzene rings is 2. The van der Waals surface area contributed by atoms with Gasteiger partial charge in [0.15, 0.2) is 0 Å². The lowest BCUT2D eigenvalue weighted by atomic mass is 10.2. The molecule has 3 nitrogen and oxygen atoms in total. The highest BCUT2D eigenvalue weighted by Crippen LogP contribution is 2.30. The Kier molecular flexibility index (Phi) is 6.70. The second kappa shape index (κ2) is 8.76. The Morgan fingerprint density at radius 3 is 2.36 bits per heavy atom. The molecule has 2 aromatic carbocycles. The molecule has 2 aromatic rings. The number of halogens is 3. The molecule has 0 aliphatic heterocycles. The van der Waals surface area contributed by atoms with Gasteiger partial charge in [0.25, 0.3) is 0 Å². The van der Waals surface area contributed by atoms with Crippen LogP contribution in [0.3, 0.4) is 0 Å². The number of ether oxygens (including phenoxy) is 1. The molecule has 0 fully saturated rings. The van der Waals surface area contributed by atoms with E-state index in [4.69, 9.17) is 4.74 Å². The van der Waals surface area contributed by atoms with Crippen LogP contribution in [0.2, 0.25) is 0 Å². The summed E-state index contributed by atoms with van der Waals surface area (Å²) in [6.45, 7) is 5.82. The van der Waals surface area contributed by atoms with Gasteiger partial charge in [-0.3, -0.25) is 0 Å². The molecule has 0 amide bonds. The maximum absolute atomic E-state index is 12.6. The largest absolute Gasteiger partial charge is 0.491 e. The summed E-state index contributed by atoms with van der Waals surface area (Å²) >= 11 is 0. The van der Waals surface area contributed by atoms with E-state index in [1.54, 1.807) is 6.07 Å². The molecule has 2 rings (SSSR count). The predicted molar refractivity (Wildman–Crippen MR) is 93.8 cm³/mol. The lowest BCUT2D eigenvalue weighted by Crippen LogP contribution is -2.21. The summed E-state index contributed by atoms with van der Waals surface area (Å²) in [5.41, 5.74) is 0.941. The summed E-state index contributed by atoms with van der Waals surface area (Å²) in [6.07, 6.45) is -4.17. The van der Waals surface area contributed by atoms with Crippen molar-refractivity contribution in [2.45, 2.75) is 32.7 Å². The molecule has 0 bridgehead atoms. The maximum atomic E-state index is 12.6. The molecule has 136 valence electrons. The number of rotatable bonds is 8. The van der Waals surface area contributed by atoms with Crippen LogP contribution in [-0.4, -0.2) is 19.2 Å². The summed E-state index contributed by atoms with van der Waals surface area (Å²) in [7, 11) is 0. The van der Waals surface area contributed by atoms with Gasteiger partial charge in [-0.25, -0.2) is 0 Å². The number of hydrogen-bond acceptors (Lipinski definition) is 3. The number of anilines is 1. The molecular weight excluding hydrogens is 329 g/mol. The first-order valence-corrected chi connectivity index (χ1v) is 8.22. The molecule has 0 saturated heterocycles. The van der Waals surface area contributed by atoms with E-state index in [0.717, 1.165) is 23.4 Å². The van der Waals surface area contributed by atoms with Crippen LogP contribution in [0.4, 0.5) is 18.9 Å². The van der Waals surface area contributed by atoms with Crippen molar-refractivity contribution >= 4 is 5.69 Å². The molecule has 25 heavy (non-hydrogen) atoms. The zero-order chi connectivity index (χ0) is 18.3. The second-order valence-electron chi connectivity index (χ2n) is 5.99. The number of hydrogen-bond donors (Lipinski definition) is 2. The highest BCUT2D eigenvalue weighted by atomic mass is 19.4. The van der Waals surface area contributed by atoms with Crippen LogP contribution in [0.15, 0.2) is 48.5 Å². The Morgan fingerprint density at radius 2 is 1.72 bits per heavy atom. The van der Waals surface area contributed by atoms with Crippen molar-refractivity contribution in [3.8, 4) is 5.75 Å². The van der Waals surface area contributed by atoms with Gasteiger partial charge >= 0.3 is 6.18 Å². The third kappa shape index (κ3) is 6.66. The van der Waals surface area contributed by atoms with Gasteiger partial charge < -0.3 is 15.4 Å². The fraction of sp³-hybridized carbons (Fsp3) is 0.368. The highest BCUT2D eigenvalue weighted by molar-refractivity contribution is 5.46. The van der Waals surface area contributed by atoms with Crippen molar-refractivity contribution in [1.82, 2.24) is 5.32 Å². The Labute approximate surface area is 146 Å². The Bertz CT molecular complexity index is 654. The monoisotopic (exact) mass is 352 g/mol. The van der Waals surface area contributed by atoms with Gasteiger partial charge in [-0.1, -0.05) is 18.2 Å². The average Bonchev–Trinajstić information content (AvgIpc) is 2.55. The third-order valence-electron chi connectivity index (χ3n) is 3.45. The van der Waals surface area contributed by atoms with Gasteiger partial charge in [0.2, 0.25) is 0 Å². The minimum Gasteiger partial charge on any atom is -0.491 e. The minimum atomic E-state index is -4.32. The SMILES string of the molecule is CC(C)Oc1ccc(CNCCNc2cccc(C(F)(F)F)c2)cc1. The van der Waals surface area contributed by atoms with Crippen molar-refractivity contribution in [3.63, 3.8) is 0 Å². The van der Waals surface area contributed by atoms with Gasteiger partial charge in [-0.05, 0) is 49.7 Å². The topological polar surface area (TPSA) is 33.3 Å². The van der Waals surface area contributed by atoms with Crippen molar-refractivity contribution in [1.29, 1.82) is 0 Å². The van der Waals surface area contributed by atoms with Crippen LogP contribution < -0.4 is 15.4 Å². The number of nitrogens with one attached hydrogen (secondary N) is 2. The normalized spacial score (nSPS) is 11.6. The summed E-state index contributed by atoms with van der Waals surface area (Å²) < 4.78 is 43.5. The third-order valence-corrected chi connectivity index (χ3v) is 3.45. The molecule has 2 N–H and O–H groups in total. The quantitative estimate of drug-likeness (QED) is 0.676. The summed E-state index contributed by atoms with van der Waals surface area (Å²) in [6, 6.07) is 13.1. The van der Waals surface area contributed by atoms with E-state index < -0.39 is 11.7 Å². The molecule has 0 saturated carbocycles. The minimum absolute atomic E-state index is 0.144. The molecule has 0 aromatic heterocycles. The molecule has 0 spiro atoms. The van der Waals surface area contributed by atoms with Crippen LogP contribution in [0.25, 0.3) is 0 Å². The van der Waals surface area contributed by atoms with Gasteiger partial charge in [0.1, 0.15) is 5.75 Å². The molecule has 0 aliphatic carbocycles. The highest BCUT2D eigenvalue weighted by Gasteiger charge is 2.30. The zero-order valence-electron chi connectivity index (χ0n) is 14.4. The van der Waals surface area contributed by atoms with Crippen molar-refractivity contribution in [2.75, 3.05) is 18.4 Å². The standard InChI is InChI=1S/C19H23F3N2O/c1-14(2)25-18-8-6-15(7-9-18)13-23-10-11-24-17-5-3-4-16(12-17)19(20,21)22/h3-9,12,14,23-24H,10-11,13H2,1-2H3. The zero-order valence-corrected chi connectivity index (χ0v) is 14.4. The first kappa shape index (κ1) is 19.1. The number of alkyl halides is 3. The molecule has 0 unspecified atom stereocenters. The fourth-order valence-electron chi connectivity index (χ4n) is 2.29. The van der Waals surface area contributed by atoms with Crippen LogP contribution in [-0.2, 0) is 12.7 Å². The van der Waals surface area contributed by atoms with Crippen molar-refractivity contribution < 1.29 is 17.9 Å². The molecular formula is C19H23F3N2O. The summed E-state index contributed by atoms with van der Waals surface area (Å²) in [5.74, 6) is 0.838. The van der Waals surface area contributed by atoms with E-state index in [2.05, 4.69) is 10.6 Å². The van der Waals surface area contributed by atoms with Crippen LogP contribution >= 0.6 is 0 Å². The van der Waals surface area contributed by atoms with Crippen LogP contribution in [0.1, 0.15) is 25.0 Å². The Balaban J connectivity index is 1.71. The Morgan fingerprint density at radius 1 is 1.00 bits per heavy atom. The smallest absolute Gasteiger partial charge is 0.416 e. The predicted octanol–water partition coefficient (Wildman–Crippen LogP) is 4.69. The maximum Gasteiger partial charge on any atom is 0.416 e. The first-order valence-electron chi connectivity index (χ1n) is 8.22.